The van der Waals surface area contributed by atoms with E-state index < -0.39 is 6.04 Å². The highest BCUT2D eigenvalue weighted by atomic mass is 79.9. The number of carbonyl (C=O) groups excluding carboxylic acids is 1. The van der Waals surface area contributed by atoms with E-state index >= 15 is 0 Å². The molecule has 0 bridgehead atoms. The van der Waals surface area contributed by atoms with Crippen molar-refractivity contribution in [2.24, 2.45) is 4.99 Å². The van der Waals surface area contributed by atoms with Crippen LogP contribution in [-0.4, -0.2) is 31.2 Å². The molecule has 2 aliphatic rings. The minimum atomic E-state index is -0.535. The molecule has 0 saturated carbocycles. The molecule has 5 rings (SSSR count). The summed E-state index contributed by atoms with van der Waals surface area (Å²) in [6, 6.07) is 11.0. The van der Waals surface area contributed by atoms with Crippen molar-refractivity contribution in [1.29, 1.82) is 0 Å². The normalized spacial score (nSPS) is 17.0. The minimum Gasteiger partial charge on any atom is -0.454 e. The number of ether oxygens (including phenoxy) is 2. The van der Waals surface area contributed by atoms with Crippen molar-refractivity contribution < 1.29 is 14.3 Å². The molecule has 34 heavy (non-hydrogen) atoms. The molecule has 1 aromatic heterocycles. The molecular weight excluding hydrogens is 518 g/mol. The molecule has 0 saturated heterocycles. The average molecular weight is 540 g/mol. The molecule has 174 valence electrons. The number of anilines is 1. The topological polar surface area (TPSA) is 73.1 Å². The number of halogens is 1. The molecule has 9 heteroatoms. The highest BCUT2D eigenvalue weighted by Crippen LogP contribution is 2.37. The maximum Gasteiger partial charge on any atom is 0.271 e. The molecule has 3 heterocycles. The van der Waals surface area contributed by atoms with Gasteiger partial charge in [0.1, 0.15) is 0 Å². The van der Waals surface area contributed by atoms with E-state index in [1.54, 1.807) is 4.57 Å². The van der Waals surface area contributed by atoms with E-state index in [0.29, 0.717) is 32.1 Å². The van der Waals surface area contributed by atoms with Gasteiger partial charge in [0.15, 0.2) is 22.1 Å². The smallest absolute Gasteiger partial charge is 0.271 e. The second-order valence-electron chi connectivity index (χ2n) is 8.35. The van der Waals surface area contributed by atoms with Crippen molar-refractivity contribution in [3.63, 3.8) is 0 Å². The molecule has 1 atom stereocenters. The first kappa shape index (κ1) is 22.6. The second-order valence-corrected chi connectivity index (χ2v) is 10.2. The van der Waals surface area contributed by atoms with E-state index in [4.69, 9.17) is 9.47 Å². The van der Waals surface area contributed by atoms with Crippen LogP contribution in [0.5, 0.6) is 11.5 Å². The number of aromatic nitrogens is 1. The number of fused-ring (bicyclic) bond motifs is 2. The average Bonchev–Trinajstić information content (AvgIpc) is 3.36. The Morgan fingerprint density at radius 3 is 2.53 bits per heavy atom. The zero-order chi connectivity index (χ0) is 24.1. The van der Waals surface area contributed by atoms with Gasteiger partial charge in [0.2, 0.25) is 6.79 Å². The molecule has 0 fully saturated rings. The molecule has 7 nitrogen and oxygen atoms in total. The SMILES string of the molecule is CC(=O)C1=C(C)N=c2s/c(=C/c3cc4c(cc3Br)OCO4)c(=O)n2C1c1ccc(N(C)C)cc1. The lowest BCUT2D eigenvalue weighted by atomic mass is 9.93. The van der Waals surface area contributed by atoms with Gasteiger partial charge in [-0.25, -0.2) is 4.99 Å². The summed E-state index contributed by atoms with van der Waals surface area (Å²) in [6.07, 6.45) is 1.81. The molecule has 1 unspecified atom stereocenters. The van der Waals surface area contributed by atoms with Gasteiger partial charge in [-0.15, -0.1) is 0 Å². The number of Topliss-reactive ketones (excluding diaryl/α,β-unsaturated/α-hetero) is 1. The predicted octanol–water partition coefficient (Wildman–Crippen LogP) is 3.38. The van der Waals surface area contributed by atoms with Crippen molar-refractivity contribution in [2.75, 3.05) is 25.8 Å². The Morgan fingerprint density at radius 2 is 1.88 bits per heavy atom. The summed E-state index contributed by atoms with van der Waals surface area (Å²) in [5.74, 6) is 1.19. The van der Waals surface area contributed by atoms with Crippen LogP contribution in [0.25, 0.3) is 6.08 Å². The van der Waals surface area contributed by atoms with Crippen LogP contribution in [0.1, 0.15) is 31.0 Å². The molecule has 0 spiro atoms. The van der Waals surface area contributed by atoms with Crippen molar-refractivity contribution in [2.45, 2.75) is 19.9 Å². The number of carbonyl (C=O) groups is 1. The van der Waals surface area contributed by atoms with E-state index in [1.807, 2.05) is 68.4 Å². The predicted molar refractivity (Wildman–Crippen MR) is 135 cm³/mol. The molecule has 0 N–H and O–H groups in total. The number of ketones is 1. The van der Waals surface area contributed by atoms with E-state index in [-0.39, 0.29) is 18.1 Å². The molecule has 0 radical (unpaired) electrons. The van der Waals surface area contributed by atoms with Gasteiger partial charge in [-0.2, -0.15) is 0 Å². The number of benzene rings is 2. The minimum absolute atomic E-state index is 0.101. The largest absolute Gasteiger partial charge is 0.454 e. The fraction of sp³-hybridized carbons (Fsp3) is 0.240. The van der Waals surface area contributed by atoms with Gasteiger partial charge in [0.05, 0.1) is 10.6 Å². The zero-order valence-electron chi connectivity index (χ0n) is 19.1. The van der Waals surface area contributed by atoms with Gasteiger partial charge in [-0.1, -0.05) is 39.4 Å². The molecular formula is C25H22BrN3O4S. The number of rotatable bonds is 4. The maximum atomic E-state index is 13.7. The van der Waals surface area contributed by atoms with Crippen LogP contribution in [-0.2, 0) is 4.79 Å². The third-order valence-corrected chi connectivity index (χ3v) is 7.57. The molecule has 2 aliphatic heterocycles. The lowest BCUT2D eigenvalue weighted by Gasteiger charge is -2.25. The van der Waals surface area contributed by atoms with Crippen LogP contribution < -0.4 is 29.3 Å². The first-order chi connectivity index (χ1) is 16.2. The van der Waals surface area contributed by atoms with Crippen LogP contribution in [0.15, 0.2) is 61.9 Å². The molecule has 0 aliphatic carbocycles. The number of nitrogens with zero attached hydrogens (tertiary/aromatic N) is 3. The fourth-order valence-electron chi connectivity index (χ4n) is 4.23. The summed E-state index contributed by atoms with van der Waals surface area (Å²) < 4.78 is 13.9. The monoisotopic (exact) mass is 539 g/mol. The molecule has 3 aromatic rings. The maximum absolute atomic E-state index is 13.7. The zero-order valence-corrected chi connectivity index (χ0v) is 21.5. The van der Waals surface area contributed by atoms with Gasteiger partial charge in [0, 0.05) is 35.5 Å². The van der Waals surface area contributed by atoms with Crippen LogP contribution in [0, 0.1) is 0 Å². The van der Waals surface area contributed by atoms with E-state index in [1.165, 1.54) is 18.3 Å². The van der Waals surface area contributed by atoms with Crippen molar-refractivity contribution in [3.05, 3.63) is 83.0 Å². The van der Waals surface area contributed by atoms with Crippen LogP contribution in [0.4, 0.5) is 5.69 Å². The summed E-state index contributed by atoms with van der Waals surface area (Å²) in [5, 5.41) is 0. The Bertz CT molecular complexity index is 1530. The summed E-state index contributed by atoms with van der Waals surface area (Å²) in [5.41, 5.74) is 3.66. The van der Waals surface area contributed by atoms with E-state index in [0.717, 1.165) is 21.3 Å². The van der Waals surface area contributed by atoms with Gasteiger partial charge >= 0.3 is 0 Å². The van der Waals surface area contributed by atoms with Gasteiger partial charge in [0.25, 0.3) is 5.56 Å². The van der Waals surface area contributed by atoms with Crippen molar-refractivity contribution in [3.8, 4) is 11.5 Å². The van der Waals surface area contributed by atoms with Gasteiger partial charge < -0.3 is 14.4 Å². The first-order valence-electron chi connectivity index (χ1n) is 10.6. The van der Waals surface area contributed by atoms with Crippen molar-refractivity contribution in [1.82, 2.24) is 4.57 Å². The molecule has 0 amide bonds. The third-order valence-electron chi connectivity index (χ3n) is 5.90. The number of hydrogen-bond acceptors (Lipinski definition) is 7. The Hall–Kier alpha value is -3.17. The van der Waals surface area contributed by atoms with Crippen LogP contribution in [0.3, 0.4) is 0 Å². The van der Waals surface area contributed by atoms with Crippen molar-refractivity contribution >= 4 is 44.8 Å². The highest BCUT2D eigenvalue weighted by Gasteiger charge is 2.30. The van der Waals surface area contributed by atoms with Crippen LogP contribution >= 0.6 is 27.3 Å². The number of thiazole rings is 1. The fourth-order valence-corrected chi connectivity index (χ4v) is 5.70. The Balaban J connectivity index is 1.70. The Morgan fingerprint density at radius 1 is 1.21 bits per heavy atom. The summed E-state index contributed by atoms with van der Waals surface area (Å²) in [7, 11) is 3.94. The van der Waals surface area contributed by atoms with Gasteiger partial charge in [-0.3, -0.25) is 14.2 Å². The Kier molecular flexibility index (Phi) is 5.69. The summed E-state index contributed by atoms with van der Waals surface area (Å²) >= 11 is 4.86. The highest BCUT2D eigenvalue weighted by molar-refractivity contribution is 9.10. The lowest BCUT2D eigenvalue weighted by molar-refractivity contribution is -0.114. The van der Waals surface area contributed by atoms with Crippen LogP contribution in [0.2, 0.25) is 0 Å². The van der Waals surface area contributed by atoms with E-state index in [9.17, 15) is 9.59 Å². The quantitative estimate of drug-likeness (QED) is 0.508. The Labute approximate surface area is 208 Å². The summed E-state index contributed by atoms with van der Waals surface area (Å²) in [6.45, 7) is 3.52. The van der Waals surface area contributed by atoms with Gasteiger partial charge in [-0.05, 0) is 55.3 Å². The standard InChI is InChI=1S/C25H22BrN3O4S/c1-13-22(14(2)30)23(15-5-7-17(8-6-15)28(3)4)29-24(31)21(34-25(29)27-13)10-16-9-19-20(11-18(16)26)33-12-32-19/h5-11,23H,12H2,1-4H3/b21-10+. The second kappa shape index (κ2) is 8.56. The van der Waals surface area contributed by atoms with E-state index in [2.05, 4.69) is 20.9 Å². The lowest BCUT2D eigenvalue weighted by Crippen LogP contribution is -2.39. The number of allylic oxidation sites excluding steroid dienone is 2. The first-order valence-corrected chi connectivity index (χ1v) is 12.3. The third kappa shape index (κ3) is 3.78. The molecule has 2 aromatic carbocycles. The summed E-state index contributed by atoms with van der Waals surface area (Å²) in [4.78, 5) is 33.5. The number of hydrogen-bond donors (Lipinski definition) is 0.